The van der Waals surface area contributed by atoms with Gasteiger partial charge < -0.3 is 9.47 Å². The fourth-order valence-electron chi connectivity index (χ4n) is 3.45. The molecular weight excluding hydrogens is 382 g/mol. The monoisotopic (exact) mass is 409 g/mol. The van der Waals surface area contributed by atoms with E-state index in [0.29, 0.717) is 12.7 Å². The predicted octanol–water partition coefficient (Wildman–Crippen LogP) is 5.30. The zero-order valence-electron chi connectivity index (χ0n) is 17.0. The van der Waals surface area contributed by atoms with Crippen molar-refractivity contribution >= 4 is 11.8 Å². The van der Waals surface area contributed by atoms with Crippen molar-refractivity contribution in [2.45, 2.75) is 44.4 Å². The van der Waals surface area contributed by atoms with Gasteiger partial charge in [-0.2, -0.15) is 0 Å². The zero-order chi connectivity index (χ0) is 20.1. The topological polar surface area (TPSA) is 49.2 Å². The molecule has 0 N–H and O–H groups in total. The summed E-state index contributed by atoms with van der Waals surface area (Å²) in [6.07, 6.45) is 3.82. The molecular formula is C23H27N3O2S. The number of hydrogen-bond acceptors (Lipinski definition) is 5. The number of nitrogens with zero attached hydrogens (tertiary/aromatic N) is 3. The van der Waals surface area contributed by atoms with Crippen molar-refractivity contribution in [1.29, 1.82) is 0 Å². The van der Waals surface area contributed by atoms with E-state index in [2.05, 4.69) is 58.1 Å². The predicted molar refractivity (Wildman–Crippen MR) is 117 cm³/mol. The highest BCUT2D eigenvalue weighted by molar-refractivity contribution is 7.99. The molecule has 3 aromatic rings. The molecule has 6 heteroatoms. The molecule has 0 spiro atoms. The Kier molecular flexibility index (Phi) is 6.52. The van der Waals surface area contributed by atoms with Crippen molar-refractivity contribution in [3.05, 3.63) is 54.1 Å². The maximum absolute atomic E-state index is 5.90. The summed E-state index contributed by atoms with van der Waals surface area (Å²) in [7, 11) is 0. The third-order valence-electron chi connectivity index (χ3n) is 5.02. The first-order valence-electron chi connectivity index (χ1n) is 10.2. The lowest BCUT2D eigenvalue weighted by Crippen LogP contribution is -2.21. The number of aryl methyl sites for hydroxylation is 1. The van der Waals surface area contributed by atoms with Crippen LogP contribution in [-0.4, -0.2) is 39.8 Å². The first-order valence-corrected chi connectivity index (χ1v) is 11.2. The largest absolute Gasteiger partial charge is 0.494 e. The Bertz CT molecular complexity index is 916. The molecule has 4 rings (SSSR count). The molecule has 1 unspecified atom stereocenters. The van der Waals surface area contributed by atoms with E-state index >= 15 is 0 Å². The van der Waals surface area contributed by atoms with E-state index in [0.717, 1.165) is 46.8 Å². The van der Waals surface area contributed by atoms with Crippen LogP contribution in [0.15, 0.2) is 53.7 Å². The molecule has 1 fully saturated rings. The normalized spacial score (nSPS) is 16.7. The summed E-state index contributed by atoms with van der Waals surface area (Å²) < 4.78 is 13.6. The molecule has 152 valence electrons. The molecule has 0 amide bonds. The SMILES string of the molecule is CCOc1ccc(-n2c(SCC3CCCCO3)nnc2-c2ccc(C)cc2)cc1. The number of ether oxygens (including phenoxy) is 2. The van der Waals surface area contributed by atoms with Gasteiger partial charge in [0, 0.05) is 23.6 Å². The molecule has 0 bridgehead atoms. The van der Waals surface area contributed by atoms with Crippen LogP contribution in [0.1, 0.15) is 31.7 Å². The Labute approximate surface area is 176 Å². The van der Waals surface area contributed by atoms with Crippen LogP contribution in [0.25, 0.3) is 17.1 Å². The van der Waals surface area contributed by atoms with Gasteiger partial charge in [-0.1, -0.05) is 41.6 Å². The standard InChI is InChI=1S/C23H27N3O2S/c1-3-27-20-13-11-19(12-14-20)26-22(18-9-7-17(2)8-10-18)24-25-23(26)29-16-21-6-4-5-15-28-21/h7-14,21H,3-6,15-16H2,1-2H3. The minimum absolute atomic E-state index is 0.294. The summed E-state index contributed by atoms with van der Waals surface area (Å²) in [6.45, 7) is 5.60. The van der Waals surface area contributed by atoms with Crippen molar-refractivity contribution < 1.29 is 9.47 Å². The Morgan fingerprint density at radius 2 is 1.86 bits per heavy atom. The van der Waals surface area contributed by atoms with Gasteiger partial charge in [0.25, 0.3) is 0 Å². The van der Waals surface area contributed by atoms with Gasteiger partial charge in [0.2, 0.25) is 0 Å². The summed E-state index contributed by atoms with van der Waals surface area (Å²) in [4.78, 5) is 0. The number of aromatic nitrogens is 3. The third kappa shape index (κ3) is 4.82. The summed E-state index contributed by atoms with van der Waals surface area (Å²) >= 11 is 1.71. The summed E-state index contributed by atoms with van der Waals surface area (Å²) in [5.41, 5.74) is 3.31. The van der Waals surface area contributed by atoms with E-state index in [1.165, 1.54) is 18.4 Å². The van der Waals surface area contributed by atoms with Crippen LogP contribution in [-0.2, 0) is 4.74 Å². The molecule has 2 aromatic carbocycles. The van der Waals surface area contributed by atoms with Crippen molar-refractivity contribution in [3.8, 4) is 22.8 Å². The first kappa shape index (κ1) is 20.0. The van der Waals surface area contributed by atoms with Crippen molar-refractivity contribution in [2.75, 3.05) is 19.0 Å². The maximum atomic E-state index is 5.90. The number of benzene rings is 2. The Balaban J connectivity index is 1.66. The van der Waals surface area contributed by atoms with Gasteiger partial charge in [0.05, 0.1) is 12.7 Å². The highest BCUT2D eigenvalue weighted by atomic mass is 32.2. The van der Waals surface area contributed by atoms with Gasteiger partial charge in [-0.3, -0.25) is 4.57 Å². The molecule has 0 radical (unpaired) electrons. The van der Waals surface area contributed by atoms with E-state index in [1.54, 1.807) is 11.8 Å². The molecule has 5 nitrogen and oxygen atoms in total. The van der Waals surface area contributed by atoms with Crippen molar-refractivity contribution in [2.24, 2.45) is 0 Å². The average Bonchev–Trinajstić information content (AvgIpc) is 3.18. The van der Waals surface area contributed by atoms with Crippen molar-refractivity contribution in [1.82, 2.24) is 14.8 Å². The quantitative estimate of drug-likeness (QED) is 0.496. The molecule has 1 saturated heterocycles. The van der Waals surface area contributed by atoms with E-state index in [9.17, 15) is 0 Å². The van der Waals surface area contributed by atoms with Gasteiger partial charge in [-0.05, 0) is 57.4 Å². The molecule has 29 heavy (non-hydrogen) atoms. The Hall–Kier alpha value is -2.31. The molecule has 1 aliphatic rings. The smallest absolute Gasteiger partial charge is 0.196 e. The summed E-state index contributed by atoms with van der Waals surface area (Å²) in [5, 5.41) is 9.95. The number of rotatable bonds is 7. The van der Waals surface area contributed by atoms with Gasteiger partial charge in [-0.15, -0.1) is 10.2 Å². The van der Waals surface area contributed by atoms with Crippen molar-refractivity contribution in [3.63, 3.8) is 0 Å². The summed E-state index contributed by atoms with van der Waals surface area (Å²) in [6, 6.07) is 16.5. The Morgan fingerprint density at radius 3 is 2.55 bits per heavy atom. The van der Waals surface area contributed by atoms with E-state index < -0.39 is 0 Å². The minimum Gasteiger partial charge on any atom is -0.494 e. The minimum atomic E-state index is 0.294. The zero-order valence-corrected chi connectivity index (χ0v) is 17.8. The molecule has 1 aliphatic heterocycles. The van der Waals surface area contributed by atoms with Crippen LogP contribution in [0.5, 0.6) is 5.75 Å². The molecule has 1 aromatic heterocycles. The van der Waals surface area contributed by atoms with Gasteiger partial charge >= 0.3 is 0 Å². The van der Waals surface area contributed by atoms with Crippen LogP contribution in [0.2, 0.25) is 0 Å². The molecule has 0 saturated carbocycles. The number of thioether (sulfide) groups is 1. The lowest BCUT2D eigenvalue weighted by atomic mass is 10.1. The van der Waals surface area contributed by atoms with Crippen LogP contribution in [0.3, 0.4) is 0 Å². The maximum Gasteiger partial charge on any atom is 0.196 e. The fourth-order valence-corrected chi connectivity index (χ4v) is 4.47. The average molecular weight is 410 g/mol. The van der Waals surface area contributed by atoms with E-state index in [1.807, 2.05) is 19.1 Å². The van der Waals surface area contributed by atoms with Crippen LogP contribution < -0.4 is 4.74 Å². The van der Waals surface area contributed by atoms with Crippen LogP contribution >= 0.6 is 11.8 Å². The van der Waals surface area contributed by atoms with Gasteiger partial charge in [-0.25, -0.2) is 0 Å². The van der Waals surface area contributed by atoms with Crippen LogP contribution in [0.4, 0.5) is 0 Å². The highest BCUT2D eigenvalue weighted by Crippen LogP contribution is 2.30. The van der Waals surface area contributed by atoms with Crippen LogP contribution in [0, 0.1) is 6.92 Å². The lowest BCUT2D eigenvalue weighted by Gasteiger charge is -2.22. The molecule has 2 heterocycles. The first-order chi connectivity index (χ1) is 14.2. The van der Waals surface area contributed by atoms with E-state index in [4.69, 9.17) is 9.47 Å². The summed E-state index contributed by atoms with van der Waals surface area (Å²) in [5.74, 6) is 2.61. The third-order valence-corrected chi connectivity index (χ3v) is 6.08. The second-order valence-corrected chi connectivity index (χ2v) is 8.22. The second-order valence-electron chi connectivity index (χ2n) is 7.23. The highest BCUT2D eigenvalue weighted by Gasteiger charge is 2.19. The number of hydrogen-bond donors (Lipinski definition) is 0. The lowest BCUT2D eigenvalue weighted by molar-refractivity contribution is 0.0315. The fraction of sp³-hybridized carbons (Fsp3) is 0.391. The molecule has 1 atom stereocenters. The second kappa shape index (κ2) is 9.46. The van der Waals surface area contributed by atoms with Gasteiger partial charge in [0.15, 0.2) is 11.0 Å². The van der Waals surface area contributed by atoms with E-state index in [-0.39, 0.29) is 0 Å². The van der Waals surface area contributed by atoms with Gasteiger partial charge in [0.1, 0.15) is 5.75 Å². The Morgan fingerprint density at radius 1 is 1.07 bits per heavy atom. The molecule has 0 aliphatic carbocycles.